The minimum Gasteiger partial charge on any atom is -0.307 e. The zero-order valence-electron chi connectivity index (χ0n) is 5.38. The van der Waals surface area contributed by atoms with Crippen LogP contribution in [0.25, 0.3) is 0 Å². The molecule has 0 bridgehead atoms. The Morgan fingerprint density at radius 2 is 2.25 bits per heavy atom. The Labute approximate surface area is 49.0 Å². The summed E-state index contributed by atoms with van der Waals surface area (Å²) in [7, 11) is 3.29. The Balaban J connectivity index is 3.64. The van der Waals surface area contributed by atoms with Gasteiger partial charge in [0.15, 0.2) is 0 Å². The molecule has 0 aliphatic carbocycles. The van der Waals surface area contributed by atoms with Crippen LogP contribution in [0.15, 0.2) is 4.99 Å². The fourth-order valence-corrected chi connectivity index (χ4v) is 0.255. The Morgan fingerprint density at radius 3 is 2.38 bits per heavy atom. The summed E-state index contributed by atoms with van der Waals surface area (Å²) in [4.78, 5) is 15.4. The molecule has 0 atom stereocenters. The van der Waals surface area contributed by atoms with Gasteiger partial charge in [-0.3, -0.25) is 9.79 Å². The maximum atomic E-state index is 10.4. The van der Waals surface area contributed by atoms with E-state index in [1.54, 1.807) is 14.1 Å². The lowest BCUT2D eigenvalue weighted by molar-refractivity contribution is -0.123. The molecule has 0 spiro atoms. The first-order valence-corrected chi connectivity index (χ1v) is 2.34. The molecule has 0 unspecified atom stereocenters. The molecule has 1 amide bonds. The summed E-state index contributed by atoms with van der Waals surface area (Å²) in [6.45, 7) is 1.49. The Hall–Kier alpha value is -0.860. The van der Waals surface area contributed by atoms with Crippen LogP contribution >= 0.6 is 0 Å². The van der Waals surface area contributed by atoms with Crippen molar-refractivity contribution in [2.75, 3.05) is 14.1 Å². The molecule has 0 aliphatic rings. The largest absolute Gasteiger partial charge is 0.307 e. The lowest BCUT2D eigenvalue weighted by Gasteiger charge is -2.04. The molecule has 0 aromatic rings. The van der Waals surface area contributed by atoms with Crippen molar-refractivity contribution in [3.05, 3.63) is 0 Å². The first-order chi connectivity index (χ1) is 3.68. The smallest absolute Gasteiger partial charge is 0.224 e. The van der Waals surface area contributed by atoms with Crippen LogP contribution in [0, 0.1) is 0 Å². The van der Waals surface area contributed by atoms with Crippen LogP contribution in [0.3, 0.4) is 0 Å². The molecule has 3 nitrogen and oxygen atoms in total. The van der Waals surface area contributed by atoms with Gasteiger partial charge in [-0.1, -0.05) is 0 Å². The van der Waals surface area contributed by atoms with E-state index in [2.05, 4.69) is 4.99 Å². The lowest BCUT2D eigenvalue weighted by atomic mass is 10.6. The van der Waals surface area contributed by atoms with E-state index in [0.29, 0.717) is 0 Å². The van der Waals surface area contributed by atoms with Crippen molar-refractivity contribution in [3.8, 4) is 0 Å². The highest BCUT2D eigenvalue weighted by Gasteiger charge is 1.93. The molecular weight excluding hydrogens is 104 g/mol. The maximum absolute atomic E-state index is 10.4. The van der Waals surface area contributed by atoms with Crippen LogP contribution in [-0.4, -0.2) is 31.2 Å². The monoisotopic (exact) mass is 114 g/mol. The summed E-state index contributed by atoms with van der Waals surface area (Å²) in [6, 6.07) is 0. The fourth-order valence-electron chi connectivity index (χ4n) is 0.255. The number of carbonyl (C=O) groups excluding carboxylic acids is 1. The Morgan fingerprint density at radius 1 is 1.75 bits per heavy atom. The lowest BCUT2D eigenvalue weighted by Crippen LogP contribution is -2.21. The van der Waals surface area contributed by atoms with E-state index in [9.17, 15) is 4.79 Å². The molecule has 0 aliphatic heterocycles. The van der Waals surface area contributed by atoms with E-state index in [0.717, 1.165) is 0 Å². The molecule has 0 saturated carbocycles. The van der Waals surface area contributed by atoms with Crippen molar-refractivity contribution >= 4 is 12.2 Å². The number of amides is 1. The van der Waals surface area contributed by atoms with E-state index in [4.69, 9.17) is 0 Å². The zero-order valence-corrected chi connectivity index (χ0v) is 5.38. The first kappa shape index (κ1) is 7.14. The van der Waals surface area contributed by atoms with Crippen molar-refractivity contribution in [2.24, 2.45) is 4.99 Å². The molecule has 0 radical (unpaired) electrons. The molecule has 0 rings (SSSR count). The third-order valence-corrected chi connectivity index (χ3v) is 0.785. The summed E-state index contributed by atoms with van der Waals surface area (Å²) in [5.41, 5.74) is 0. The van der Waals surface area contributed by atoms with Gasteiger partial charge in [-0.15, -0.1) is 0 Å². The molecule has 46 valence electrons. The number of hydrogen-bond donors (Lipinski definition) is 0. The van der Waals surface area contributed by atoms with E-state index in [1.807, 2.05) is 0 Å². The fraction of sp³-hybridized carbons (Fsp3) is 0.600. The summed E-state index contributed by atoms with van der Waals surface area (Å²) in [6.07, 6.45) is 1.47. The molecule has 8 heavy (non-hydrogen) atoms. The van der Waals surface area contributed by atoms with Gasteiger partial charge >= 0.3 is 0 Å². The van der Waals surface area contributed by atoms with Crippen molar-refractivity contribution in [3.63, 3.8) is 0 Å². The van der Waals surface area contributed by atoms with Crippen LogP contribution < -0.4 is 0 Å². The van der Waals surface area contributed by atoms with Gasteiger partial charge in [0.1, 0.15) is 0 Å². The average molecular weight is 114 g/mol. The number of rotatable bonds is 1. The number of nitrogens with zero attached hydrogens (tertiary/aromatic N) is 2. The first-order valence-electron chi connectivity index (χ1n) is 2.34. The highest BCUT2D eigenvalue weighted by atomic mass is 16.2. The van der Waals surface area contributed by atoms with Gasteiger partial charge in [-0.2, -0.15) is 0 Å². The van der Waals surface area contributed by atoms with E-state index >= 15 is 0 Å². The SMILES string of the molecule is CN=CN(C)C(C)=O. The average Bonchev–Trinajstić information content (AvgIpc) is 1.67. The van der Waals surface area contributed by atoms with Gasteiger partial charge in [-0.25, -0.2) is 0 Å². The Bertz CT molecular complexity index is 109. The molecular formula is C5H10N2O. The number of carbonyl (C=O) groups is 1. The second-order valence-electron chi connectivity index (χ2n) is 1.50. The maximum Gasteiger partial charge on any atom is 0.224 e. The van der Waals surface area contributed by atoms with E-state index in [-0.39, 0.29) is 5.91 Å². The second-order valence-corrected chi connectivity index (χ2v) is 1.50. The predicted molar refractivity (Wildman–Crippen MR) is 32.9 cm³/mol. The van der Waals surface area contributed by atoms with Crippen molar-refractivity contribution in [1.82, 2.24) is 4.90 Å². The summed E-state index contributed by atoms with van der Waals surface area (Å²) in [5, 5.41) is 0. The molecule has 0 aromatic heterocycles. The third kappa shape index (κ3) is 2.34. The minimum absolute atomic E-state index is 0.00407. The standard InChI is InChI=1S/C5H10N2O/c1-5(8)7(3)4-6-2/h4H,1-3H3. The van der Waals surface area contributed by atoms with Crippen LogP contribution in [0.1, 0.15) is 6.92 Å². The molecule has 0 heterocycles. The van der Waals surface area contributed by atoms with Gasteiger partial charge in [0, 0.05) is 21.0 Å². The third-order valence-electron chi connectivity index (χ3n) is 0.785. The van der Waals surface area contributed by atoms with Gasteiger partial charge in [0.2, 0.25) is 5.91 Å². The predicted octanol–water partition coefficient (Wildman–Crippen LogP) is 0.123. The highest BCUT2D eigenvalue weighted by molar-refractivity contribution is 5.85. The Kier molecular flexibility index (Phi) is 2.84. The molecule has 0 N–H and O–H groups in total. The number of aliphatic imine (C=N–C) groups is 1. The zero-order chi connectivity index (χ0) is 6.57. The van der Waals surface area contributed by atoms with Crippen molar-refractivity contribution in [1.29, 1.82) is 0 Å². The summed E-state index contributed by atoms with van der Waals surface area (Å²) in [5.74, 6) is -0.00407. The van der Waals surface area contributed by atoms with E-state index < -0.39 is 0 Å². The van der Waals surface area contributed by atoms with Gasteiger partial charge < -0.3 is 4.90 Å². The summed E-state index contributed by atoms with van der Waals surface area (Å²) >= 11 is 0. The van der Waals surface area contributed by atoms with Crippen LogP contribution in [0.2, 0.25) is 0 Å². The second kappa shape index (κ2) is 3.18. The van der Waals surface area contributed by atoms with Crippen molar-refractivity contribution in [2.45, 2.75) is 6.92 Å². The van der Waals surface area contributed by atoms with Gasteiger partial charge in [-0.05, 0) is 0 Å². The van der Waals surface area contributed by atoms with Gasteiger partial charge in [0.25, 0.3) is 0 Å². The molecule has 3 heteroatoms. The molecule has 0 saturated heterocycles. The van der Waals surface area contributed by atoms with E-state index in [1.165, 1.54) is 18.2 Å². The van der Waals surface area contributed by atoms with Crippen LogP contribution in [0.4, 0.5) is 0 Å². The molecule has 0 fully saturated rings. The highest BCUT2D eigenvalue weighted by Crippen LogP contribution is 1.74. The van der Waals surface area contributed by atoms with Crippen LogP contribution in [0.5, 0.6) is 0 Å². The summed E-state index contributed by atoms with van der Waals surface area (Å²) < 4.78 is 0. The molecule has 0 aromatic carbocycles. The van der Waals surface area contributed by atoms with Crippen molar-refractivity contribution < 1.29 is 4.79 Å². The number of hydrogen-bond acceptors (Lipinski definition) is 2. The minimum atomic E-state index is -0.00407. The van der Waals surface area contributed by atoms with Gasteiger partial charge in [0.05, 0.1) is 6.34 Å². The topological polar surface area (TPSA) is 32.7 Å². The van der Waals surface area contributed by atoms with Crippen LogP contribution in [-0.2, 0) is 4.79 Å². The normalized spacial score (nSPS) is 9.88. The quantitative estimate of drug-likeness (QED) is 0.352.